The molecule has 0 aromatic carbocycles. The van der Waals surface area contributed by atoms with Gasteiger partial charge in [-0.1, -0.05) is 0 Å². The Morgan fingerprint density at radius 2 is 2.42 bits per heavy atom. The number of halogens is 1. The highest BCUT2D eigenvalue weighted by Gasteiger charge is 2.44. The molecule has 2 fully saturated rings. The molecule has 1 aliphatic heterocycles. The summed E-state index contributed by atoms with van der Waals surface area (Å²) in [7, 11) is 0. The molecule has 106 valence electrons. The van der Waals surface area contributed by atoms with Crippen LogP contribution in [0.5, 0.6) is 0 Å². The standard InChI is InChI=1S/C13H18N2O2S.HI/c16-13(17)11-6-10(11)8-15-3-1-9(7-15)5-12-14-2-4-18-12;/h2,4,9-11H,1,3,5-8H2,(H,16,17);1H/t9?,10-,11+;/m0./s1. The van der Waals surface area contributed by atoms with Gasteiger partial charge in [-0.2, -0.15) is 0 Å². The smallest absolute Gasteiger partial charge is 0.306 e. The summed E-state index contributed by atoms with van der Waals surface area (Å²) >= 11 is 1.73. The highest BCUT2D eigenvalue weighted by Crippen LogP contribution is 2.40. The number of nitrogens with zero attached hydrogens (tertiary/aromatic N) is 2. The molecule has 1 aromatic rings. The lowest BCUT2D eigenvalue weighted by atomic mass is 10.1. The first-order valence-electron chi connectivity index (χ1n) is 6.56. The molecule has 3 rings (SSSR count). The van der Waals surface area contributed by atoms with Crippen molar-refractivity contribution in [3.8, 4) is 0 Å². The molecule has 1 saturated carbocycles. The molecule has 0 radical (unpaired) electrons. The van der Waals surface area contributed by atoms with Crippen LogP contribution in [-0.4, -0.2) is 40.6 Å². The molecular weight excluding hydrogens is 375 g/mol. The summed E-state index contributed by atoms with van der Waals surface area (Å²) in [5, 5.41) is 12.2. The minimum atomic E-state index is -0.612. The maximum Gasteiger partial charge on any atom is 0.306 e. The van der Waals surface area contributed by atoms with E-state index >= 15 is 0 Å². The second-order valence-corrected chi connectivity index (χ2v) is 6.46. The van der Waals surface area contributed by atoms with Crippen LogP contribution >= 0.6 is 35.3 Å². The summed E-state index contributed by atoms with van der Waals surface area (Å²) in [6.45, 7) is 3.21. The highest BCUT2D eigenvalue weighted by atomic mass is 127. The van der Waals surface area contributed by atoms with Gasteiger partial charge in [0.25, 0.3) is 0 Å². The average Bonchev–Trinajstić information content (AvgIpc) is 2.75. The van der Waals surface area contributed by atoms with Crippen LogP contribution in [0.1, 0.15) is 17.8 Å². The Morgan fingerprint density at radius 3 is 3.05 bits per heavy atom. The first kappa shape index (κ1) is 15.2. The van der Waals surface area contributed by atoms with Crippen molar-refractivity contribution in [1.29, 1.82) is 0 Å². The fourth-order valence-electron chi connectivity index (χ4n) is 2.93. The minimum absolute atomic E-state index is 0. The van der Waals surface area contributed by atoms with Gasteiger partial charge < -0.3 is 10.0 Å². The van der Waals surface area contributed by atoms with E-state index in [0.29, 0.717) is 11.8 Å². The van der Waals surface area contributed by atoms with Crippen LogP contribution in [0, 0.1) is 17.8 Å². The first-order chi connectivity index (χ1) is 8.72. The Labute approximate surface area is 134 Å². The second-order valence-electron chi connectivity index (χ2n) is 5.48. The van der Waals surface area contributed by atoms with Crippen molar-refractivity contribution in [2.75, 3.05) is 19.6 Å². The molecule has 1 N–H and O–H groups in total. The molecule has 19 heavy (non-hydrogen) atoms. The average molecular weight is 394 g/mol. The Bertz CT molecular complexity index is 426. The third-order valence-corrected chi connectivity index (χ3v) is 4.85. The first-order valence-corrected chi connectivity index (χ1v) is 7.44. The quantitative estimate of drug-likeness (QED) is 0.780. The summed E-state index contributed by atoms with van der Waals surface area (Å²) < 4.78 is 0. The van der Waals surface area contributed by atoms with Crippen molar-refractivity contribution in [1.82, 2.24) is 9.88 Å². The fraction of sp³-hybridized carbons (Fsp3) is 0.692. The SMILES string of the molecule is I.O=C(O)[C@@H]1C[C@H]1CN1CCC(Cc2nccs2)C1. The molecule has 0 spiro atoms. The number of rotatable bonds is 5. The Hall–Kier alpha value is -0.210. The van der Waals surface area contributed by atoms with Gasteiger partial charge in [0.15, 0.2) is 0 Å². The third-order valence-electron chi connectivity index (χ3n) is 4.05. The van der Waals surface area contributed by atoms with Gasteiger partial charge in [-0.15, -0.1) is 35.3 Å². The van der Waals surface area contributed by atoms with E-state index in [1.807, 2.05) is 11.6 Å². The predicted octanol–water partition coefficient (Wildman–Crippen LogP) is 2.35. The van der Waals surface area contributed by atoms with E-state index in [1.54, 1.807) is 11.3 Å². The fourth-order valence-corrected chi connectivity index (χ4v) is 3.66. The molecule has 4 nitrogen and oxygen atoms in total. The van der Waals surface area contributed by atoms with Crippen molar-refractivity contribution >= 4 is 41.3 Å². The Morgan fingerprint density at radius 1 is 1.58 bits per heavy atom. The maximum absolute atomic E-state index is 10.8. The van der Waals surface area contributed by atoms with E-state index in [9.17, 15) is 4.79 Å². The zero-order chi connectivity index (χ0) is 12.5. The number of aliphatic carboxylic acids is 1. The zero-order valence-corrected chi connectivity index (χ0v) is 13.8. The molecule has 0 bridgehead atoms. The van der Waals surface area contributed by atoms with E-state index in [0.717, 1.165) is 32.5 Å². The van der Waals surface area contributed by atoms with Gasteiger partial charge in [0.2, 0.25) is 0 Å². The van der Waals surface area contributed by atoms with Crippen LogP contribution in [0.3, 0.4) is 0 Å². The number of hydrogen-bond donors (Lipinski definition) is 1. The summed E-state index contributed by atoms with van der Waals surface area (Å²) in [6, 6.07) is 0. The van der Waals surface area contributed by atoms with Crippen molar-refractivity contribution < 1.29 is 9.90 Å². The number of likely N-dealkylation sites (tertiary alicyclic amines) is 1. The number of carboxylic acids is 1. The lowest BCUT2D eigenvalue weighted by Crippen LogP contribution is -2.24. The lowest BCUT2D eigenvalue weighted by molar-refractivity contribution is -0.138. The maximum atomic E-state index is 10.8. The van der Waals surface area contributed by atoms with Crippen molar-refractivity contribution in [2.24, 2.45) is 17.8 Å². The molecule has 2 heterocycles. The number of thiazole rings is 1. The van der Waals surface area contributed by atoms with E-state index in [1.165, 1.54) is 11.4 Å². The van der Waals surface area contributed by atoms with Crippen LogP contribution in [0.4, 0.5) is 0 Å². The van der Waals surface area contributed by atoms with Gasteiger partial charge in [-0.05, 0) is 31.2 Å². The van der Waals surface area contributed by atoms with E-state index in [-0.39, 0.29) is 29.9 Å². The molecule has 1 aliphatic carbocycles. The van der Waals surface area contributed by atoms with E-state index in [4.69, 9.17) is 5.11 Å². The molecule has 1 saturated heterocycles. The number of hydrogen-bond acceptors (Lipinski definition) is 4. The molecule has 6 heteroatoms. The normalized spacial score (nSPS) is 30.0. The van der Waals surface area contributed by atoms with E-state index < -0.39 is 5.97 Å². The van der Waals surface area contributed by atoms with Crippen LogP contribution in [0.2, 0.25) is 0 Å². The topological polar surface area (TPSA) is 53.4 Å². The molecule has 1 aromatic heterocycles. The van der Waals surface area contributed by atoms with Crippen LogP contribution in [0.15, 0.2) is 11.6 Å². The highest BCUT2D eigenvalue weighted by molar-refractivity contribution is 14.0. The number of aromatic nitrogens is 1. The van der Waals surface area contributed by atoms with Crippen LogP contribution in [-0.2, 0) is 11.2 Å². The van der Waals surface area contributed by atoms with Crippen LogP contribution < -0.4 is 0 Å². The van der Waals surface area contributed by atoms with Crippen molar-refractivity contribution in [3.63, 3.8) is 0 Å². The van der Waals surface area contributed by atoms with Gasteiger partial charge in [-0.25, -0.2) is 4.98 Å². The second kappa shape index (κ2) is 6.49. The predicted molar refractivity (Wildman–Crippen MR) is 85.0 cm³/mol. The molecule has 0 amide bonds. The number of carbonyl (C=O) groups is 1. The van der Waals surface area contributed by atoms with Crippen LogP contribution in [0.25, 0.3) is 0 Å². The molecule has 1 unspecified atom stereocenters. The van der Waals surface area contributed by atoms with Gasteiger partial charge >= 0.3 is 5.97 Å². The lowest BCUT2D eigenvalue weighted by Gasteiger charge is -2.15. The summed E-state index contributed by atoms with van der Waals surface area (Å²) in [5.74, 6) is 0.431. The van der Waals surface area contributed by atoms with E-state index in [2.05, 4.69) is 9.88 Å². The van der Waals surface area contributed by atoms with Gasteiger partial charge in [0.05, 0.1) is 10.9 Å². The molecule has 2 aliphatic rings. The largest absolute Gasteiger partial charge is 0.481 e. The van der Waals surface area contributed by atoms with Crippen molar-refractivity contribution in [3.05, 3.63) is 16.6 Å². The zero-order valence-electron chi connectivity index (χ0n) is 10.7. The van der Waals surface area contributed by atoms with Gasteiger partial charge in [0, 0.05) is 31.1 Å². The Kier molecular flexibility index (Phi) is 5.19. The summed E-state index contributed by atoms with van der Waals surface area (Å²) in [5.41, 5.74) is 0. The monoisotopic (exact) mass is 394 g/mol. The van der Waals surface area contributed by atoms with Crippen molar-refractivity contribution in [2.45, 2.75) is 19.3 Å². The van der Waals surface area contributed by atoms with Gasteiger partial charge in [0.1, 0.15) is 0 Å². The number of carboxylic acid groups (broad SMARTS) is 1. The molecular formula is C13H19IN2O2S. The van der Waals surface area contributed by atoms with Gasteiger partial charge in [-0.3, -0.25) is 4.79 Å². The minimum Gasteiger partial charge on any atom is -0.481 e. The summed E-state index contributed by atoms with van der Waals surface area (Å²) in [4.78, 5) is 17.6. The third kappa shape index (κ3) is 3.88. The molecule has 3 atom stereocenters. The Balaban J connectivity index is 0.00000133. The summed E-state index contributed by atoms with van der Waals surface area (Å²) in [6.07, 6.45) is 5.06.